The van der Waals surface area contributed by atoms with E-state index in [-0.39, 0.29) is 6.04 Å². The molecule has 0 bridgehead atoms. The van der Waals surface area contributed by atoms with Crippen molar-refractivity contribution in [3.8, 4) is 11.5 Å². The number of nitrogens with zero attached hydrogens (tertiary/aromatic N) is 1. The number of ether oxygens (including phenoxy) is 2. The zero-order valence-electron chi connectivity index (χ0n) is 14.4. The molecule has 4 nitrogen and oxygen atoms in total. The molecule has 0 spiro atoms. The quantitative estimate of drug-likeness (QED) is 0.840. The molecule has 120 valence electrons. The minimum atomic E-state index is -0.447. The summed E-state index contributed by atoms with van der Waals surface area (Å²) in [6, 6.07) is 6.23. The van der Waals surface area contributed by atoms with Gasteiger partial charge in [0.1, 0.15) is 0 Å². The second kappa shape index (κ2) is 7.14. The lowest BCUT2D eigenvalue weighted by atomic mass is 9.73. The van der Waals surface area contributed by atoms with E-state index in [1.165, 1.54) is 0 Å². The Bertz CT molecular complexity index is 460. The number of hydrogen-bond acceptors (Lipinski definition) is 4. The molecule has 0 aromatic heterocycles. The molecule has 0 saturated heterocycles. The average Bonchev–Trinajstić information content (AvgIpc) is 2.46. The highest BCUT2D eigenvalue weighted by Gasteiger charge is 2.40. The molecule has 0 radical (unpaired) electrons. The van der Waals surface area contributed by atoms with Gasteiger partial charge in [-0.25, -0.2) is 0 Å². The fourth-order valence-electron chi connectivity index (χ4n) is 3.15. The molecule has 4 heteroatoms. The smallest absolute Gasteiger partial charge is 0.161 e. The normalized spacial score (nSPS) is 15.9. The third-order valence-electron chi connectivity index (χ3n) is 4.40. The van der Waals surface area contributed by atoms with E-state index in [1.54, 1.807) is 14.2 Å². The van der Waals surface area contributed by atoms with Crippen molar-refractivity contribution in [2.24, 2.45) is 11.7 Å². The number of benzene rings is 1. The van der Waals surface area contributed by atoms with E-state index in [9.17, 15) is 0 Å². The molecule has 1 rings (SSSR count). The first-order chi connectivity index (χ1) is 9.82. The standard InChI is InChI=1S/C17H30N2O2/c1-8-16(19(4)5)17(18,12(2)3)13-9-10-14(20-6)15(11-13)21-7/h9-12,16H,8,18H2,1-7H3. The Morgan fingerprint density at radius 2 is 1.71 bits per heavy atom. The first-order valence-corrected chi connectivity index (χ1v) is 7.50. The van der Waals surface area contributed by atoms with Gasteiger partial charge in [-0.05, 0) is 44.1 Å². The summed E-state index contributed by atoms with van der Waals surface area (Å²) < 4.78 is 10.8. The summed E-state index contributed by atoms with van der Waals surface area (Å²) in [5.41, 5.74) is 7.53. The van der Waals surface area contributed by atoms with Gasteiger partial charge in [0.05, 0.1) is 19.8 Å². The predicted octanol–water partition coefficient (Wildman–Crippen LogP) is 2.85. The maximum atomic E-state index is 6.89. The third kappa shape index (κ3) is 3.33. The van der Waals surface area contributed by atoms with Crippen LogP contribution < -0.4 is 15.2 Å². The molecule has 2 atom stereocenters. The number of rotatable bonds is 7. The van der Waals surface area contributed by atoms with Gasteiger partial charge in [0.25, 0.3) is 0 Å². The van der Waals surface area contributed by atoms with Crippen LogP contribution in [0.5, 0.6) is 11.5 Å². The maximum Gasteiger partial charge on any atom is 0.161 e. The maximum absolute atomic E-state index is 6.89. The van der Waals surface area contributed by atoms with Crippen molar-refractivity contribution in [1.82, 2.24) is 4.90 Å². The number of likely N-dealkylation sites (N-methyl/N-ethyl adjacent to an activating group) is 1. The van der Waals surface area contributed by atoms with Crippen LogP contribution in [0.1, 0.15) is 32.8 Å². The molecule has 1 aromatic carbocycles. The van der Waals surface area contributed by atoms with Crippen molar-refractivity contribution in [3.05, 3.63) is 23.8 Å². The van der Waals surface area contributed by atoms with Crippen molar-refractivity contribution in [2.75, 3.05) is 28.3 Å². The number of nitrogens with two attached hydrogens (primary N) is 1. The first kappa shape index (κ1) is 17.8. The third-order valence-corrected chi connectivity index (χ3v) is 4.40. The van der Waals surface area contributed by atoms with Crippen LogP contribution in [0.2, 0.25) is 0 Å². The molecule has 0 amide bonds. The fraction of sp³-hybridized carbons (Fsp3) is 0.647. The highest BCUT2D eigenvalue weighted by Crippen LogP contribution is 2.38. The molecule has 0 heterocycles. The van der Waals surface area contributed by atoms with Crippen molar-refractivity contribution in [2.45, 2.75) is 38.8 Å². The fourth-order valence-corrected chi connectivity index (χ4v) is 3.15. The minimum Gasteiger partial charge on any atom is -0.493 e. The van der Waals surface area contributed by atoms with Gasteiger partial charge < -0.3 is 20.1 Å². The van der Waals surface area contributed by atoms with E-state index in [2.05, 4.69) is 39.8 Å². The highest BCUT2D eigenvalue weighted by molar-refractivity contribution is 5.45. The second-order valence-electron chi connectivity index (χ2n) is 6.05. The molecule has 1 aromatic rings. The molecule has 0 fully saturated rings. The Labute approximate surface area is 129 Å². The Morgan fingerprint density at radius 1 is 1.14 bits per heavy atom. The Morgan fingerprint density at radius 3 is 2.10 bits per heavy atom. The van der Waals surface area contributed by atoms with Crippen LogP contribution >= 0.6 is 0 Å². The van der Waals surface area contributed by atoms with Crippen molar-refractivity contribution in [1.29, 1.82) is 0 Å². The van der Waals surface area contributed by atoms with Crippen LogP contribution in [0.4, 0.5) is 0 Å². The summed E-state index contributed by atoms with van der Waals surface area (Å²) in [6.45, 7) is 6.52. The Hall–Kier alpha value is -1.26. The molecule has 0 aliphatic rings. The summed E-state index contributed by atoms with van der Waals surface area (Å²) in [5.74, 6) is 1.74. The van der Waals surface area contributed by atoms with E-state index in [0.29, 0.717) is 5.92 Å². The first-order valence-electron chi connectivity index (χ1n) is 7.50. The van der Waals surface area contributed by atoms with Gasteiger partial charge in [0.15, 0.2) is 11.5 Å². The molecule has 0 saturated carbocycles. The average molecular weight is 294 g/mol. The van der Waals surface area contributed by atoms with E-state index in [4.69, 9.17) is 15.2 Å². The lowest BCUT2D eigenvalue weighted by Gasteiger charge is -2.44. The largest absolute Gasteiger partial charge is 0.493 e. The predicted molar refractivity (Wildman–Crippen MR) is 88.0 cm³/mol. The van der Waals surface area contributed by atoms with Gasteiger partial charge in [0, 0.05) is 6.04 Å². The molecule has 0 aliphatic heterocycles. The van der Waals surface area contributed by atoms with E-state index < -0.39 is 5.54 Å². The van der Waals surface area contributed by atoms with Crippen LogP contribution in [0, 0.1) is 5.92 Å². The summed E-state index contributed by atoms with van der Waals surface area (Å²) in [6.07, 6.45) is 0.982. The van der Waals surface area contributed by atoms with Gasteiger partial charge in [-0.3, -0.25) is 0 Å². The summed E-state index contributed by atoms with van der Waals surface area (Å²) in [5, 5.41) is 0. The summed E-state index contributed by atoms with van der Waals surface area (Å²) >= 11 is 0. The topological polar surface area (TPSA) is 47.7 Å². The highest BCUT2D eigenvalue weighted by atomic mass is 16.5. The second-order valence-corrected chi connectivity index (χ2v) is 6.05. The van der Waals surface area contributed by atoms with E-state index in [1.807, 2.05) is 18.2 Å². The zero-order valence-corrected chi connectivity index (χ0v) is 14.4. The van der Waals surface area contributed by atoms with Gasteiger partial charge in [-0.2, -0.15) is 0 Å². The monoisotopic (exact) mass is 294 g/mol. The summed E-state index contributed by atoms with van der Waals surface area (Å²) in [4.78, 5) is 2.21. The van der Waals surface area contributed by atoms with Crippen molar-refractivity contribution in [3.63, 3.8) is 0 Å². The van der Waals surface area contributed by atoms with Crippen LogP contribution in [0.3, 0.4) is 0 Å². The lowest BCUT2D eigenvalue weighted by Crippen LogP contribution is -2.57. The van der Waals surface area contributed by atoms with Crippen molar-refractivity contribution >= 4 is 0 Å². The van der Waals surface area contributed by atoms with Crippen LogP contribution in [0.15, 0.2) is 18.2 Å². The molecule has 2 N–H and O–H groups in total. The summed E-state index contributed by atoms with van der Waals surface area (Å²) in [7, 11) is 7.46. The lowest BCUT2D eigenvalue weighted by molar-refractivity contribution is 0.127. The van der Waals surface area contributed by atoms with E-state index >= 15 is 0 Å². The Balaban J connectivity index is 3.41. The van der Waals surface area contributed by atoms with E-state index in [0.717, 1.165) is 23.5 Å². The molecular weight excluding hydrogens is 264 g/mol. The van der Waals surface area contributed by atoms with Gasteiger partial charge in [0.2, 0.25) is 0 Å². The van der Waals surface area contributed by atoms with Crippen LogP contribution in [0.25, 0.3) is 0 Å². The SMILES string of the molecule is CCC(N(C)C)C(N)(c1ccc(OC)c(OC)c1)C(C)C. The van der Waals surface area contributed by atoms with Gasteiger partial charge in [-0.1, -0.05) is 26.8 Å². The molecule has 2 unspecified atom stereocenters. The molecule has 21 heavy (non-hydrogen) atoms. The van der Waals surface area contributed by atoms with Gasteiger partial charge >= 0.3 is 0 Å². The molecule has 0 aliphatic carbocycles. The van der Waals surface area contributed by atoms with Crippen LogP contribution in [-0.2, 0) is 5.54 Å². The van der Waals surface area contributed by atoms with Crippen LogP contribution in [-0.4, -0.2) is 39.3 Å². The van der Waals surface area contributed by atoms with Crippen molar-refractivity contribution < 1.29 is 9.47 Å². The molecular formula is C17H30N2O2. The zero-order chi connectivity index (χ0) is 16.2. The number of hydrogen-bond donors (Lipinski definition) is 1. The Kier molecular flexibility index (Phi) is 6.05. The number of methoxy groups -OCH3 is 2. The van der Waals surface area contributed by atoms with Gasteiger partial charge in [-0.15, -0.1) is 0 Å². The minimum absolute atomic E-state index is 0.246.